The maximum Gasteiger partial charge on any atom is 0.573 e. The van der Waals surface area contributed by atoms with E-state index in [0.717, 1.165) is 19.4 Å². The Kier molecular flexibility index (Phi) is 4.48. The third-order valence-electron chi connectivity index (χ3n) is 4.39. The molecule has 2 unspecified atom stereocenters. The van der Waals surface area contributed by atoms with Crippen molar-refractivity contribution in [3.05, 3.63) is 29.8 Å². The summed E-state index contributed by atoms with van der Waals surface area (Å²) >= 11 is 0. The van der Waals surface area contributed by atoms with E-state index >= 15 is 0 Å². The van der Waals surface area contributed by atoms with Gasteiger partial charge in [-0.2, -0.15) is 0 Å². The minimum Gasteiger partial charge on any atom is -0.406 e. The number of fused-ring (bicyclic) bond motifs is 2. The summed E-state index contributed by atoms with van der Waals surface area (Å²) in [4.78, 5) is 14.3. The molecule has 3 rings (SSSR count). The first-order valence-corrected chi connectivity index (χ1v) is 7.77. The van der Waals surface area contributed by atoms with Crippen molar-refractivity contribution in [1.82, 2.24) is 10.2 Å². The summed E-state index contributed by atoms with van der Waals surface area (Å²) in [5.74, 6) is -0.256. The maximum atomic E-state index is 12.4. The first kappa shape index (κ1) is 16.1. The largest absolute Gasteiger partial charge is 0.573 e. The minimum absolute atomic E-state index is 0.0174. The highest BCUT2D eigenvalue weighted by atomic mass is 19.4. The van der Waals surface area contributed by atoms with E-state index in [2.05, 4.69) is 10.1 Å². The molecule has 2 fully saturated rings. The van der Waals surface area contributed by atoms with Crippen molar-refractivity contribution in [2.75, 3.05) is 13.1 Å². The molecule has 2 aliphatic heterocycles. The molecule has 23 heavy (non-hydrogen) atoms. The first-order chi connectivity index (χ1) is 10.9. The van der Waals surface area contributed by atoms with Crippen LogP contribution in [0.3, 0.4) is 0 Å². The molecule has 126 valence electrons. The van der Waals surface area contributed by atoms with E-state index < -0.39 is 6.36 Å². The third-order valence-corrected chi connectivity index (χ3v) is 4.39. The van der Waals surface area contributed by atoms with Crippen molar-refractivity contribution >= 4 is 5.91 Å². The van der Waals surface area contributed by atoms with E-state index in [4.69, 9.17) is 0 Å². The smallest absolute Gasteiger partial charge is 0.406 e. The Labute approximate surface area is 132 Å². The van der Waals surface area contributed by atoms with Gasteiger partial charge in [0.2, 0.25) is 5.91 Å². The van der Waals surface area contributed by atoms with Crippen LogP contribution in [-0.4, -0.2) is 42.3 Å². The standard InChI is InChI=1S/C16H19F3N2O2/c17-16(18,19)23-14-5-1-11(2-6-14)9-15(22)21-8-7-12-3-4-13(10-21)20-12/h1-2,5-6,12-13,20H,3-4,7-10H2. The van der Waals surface area contributed by atoms with E-state index in [9.17, 15) is 18.0 Å². The molecule has 2 saturated heterocycles. The van der Waals surface area contributed by atoms with E-state index in [1.807, 2.05) is 4.90 Å². The average Bonchev–Trinajstić information content (AvgIpc) is 2.78. The number of ether oxygens (including phenoxy) is 1. The summed E-state index contributed by atoms with van der Waals surface area (Å²) in [7, 11) is 0. The molecule has 0 aromatic heterocycles. The number of halogens is 3. The molecule has 1 N–H and O–H groups in total. The number of likely N-dealkylation sites (tertiary alicyclic amines) is 1. The summed E-state index contributed by atoms with van der Waals surface area (Å²) < 4.78 is 40.2. The van der Waals surface area contributed by atoms with Gasteiger partial charge < -0.3 is 15.0 Å². The summed E-state index contributed by atoms with van der Waals surface area (Å²) in [6.45, 7) is 1.45. The van der Waals surface area contributed by atoms with Crippen LogP contribution in [0.4, 0.5) is 13.2 Å². The molecular weight excluding hydrogens is 309 g/mol. The lowest BCUT2D eigenvalue weighted by molar-refractivity contribution is -0.274. The lowest BCUT2D eigenvalue weighted by Crippen LogP contribution is -2.39. The van der Waals surface area contributed by atoms with E-state index in [1.165, 1.54) is 30.7 Å². The zero-order valence-corrected chi connectivity index (χ0v) is 12.6. The molecule has 0 radical (unpaired) electrons. The fourth-order valence-corrected chi connectivity index (χ4v) is 3.26. The van der Waals surface area contributed by atoms with Gasteiger partial charge in [0.15, 0.2) is 0 Å². The van der Waals surface area contributed by atoms with Crippen LogP contribution in [0, 0.1) is 0 Å². The Hall–Kier alpha value is -1.76. The summed E-state index contributed by atoms with van der Waals surface area (Å²) in [5.41, 5.74) is 0.687. The first-order valence-electron chi connectivity index (χ1n) is 7.77. The number of benzene rings is 1. The van der Waals surface area contributed by atoms with Crippen molar-refractivity contribution < 1.29 is 22.7 Å². The Morgan fingerprint density at radius 3 is 2.57 bits per heavy atom. The molecule has 0 spiro atoms. The van der Waals surface area contributed by atoms with Crippen LogP contribution in [0.1, 0.15) is 24.8 Å². The molecular formula is C16H19F3N2O2. The van der Waals surface area contributed by atoms with Gasteiger partial charge in [0.05, 0.1) is 6.42 Å². The van der Waals surface area contributed by atoms with Gasteiger partial charge >= 0.3 is 6.36 Å². The predicted octanol–water partition coefficient (Wildman–Crippen LogP) is 2.48. The number of carbonyl (C=O) groups is 1. The Morgan fingerprint density at radius 1 is 1.17 bits per heavy atom. The molecule has 2 bridgehead atoms. The Balaban J connectivity index is 1.57. The van der Waals surface area contributed by atoms with Gasteiger partial charge in [0, 0.05) is 25.2 Å². The van der Waals surface area contributed by atoms with Gasteiger partial charge in [-0.15, -0.1) is 13.2 Å². The van der Waals surface area contributed by atoms with Crippen LogP contribution >= 0.6 is 0 Å². The molecule has 0 aliphatic carbocycles. The highest BCUT2D eigenvalue weighted by Gasteiger charge is 2.32. The summed E-state index contributed by atoms with van der Waals surface area (Å²) in [5, 5.41) is 3.51. The van der Waals surface area contributed by atoms with E-state index in [1.54, 1.807) is 0 Å². The van der Waals surface area contributed by atoms with Crippen molar-refractivity contribution in [3.8, 4) is 5.75 Å². The second-order valence-corrected chi connectivity index (χ2v) is 6.13. The highest BCUT2D eigenvalue weighted by molar-refractivity contribution is 5.79. The van der Waals surface area contributed by atoms with Crippen LogP contribution in [0.5, 0.6) is 5.75 Å². The van der Waals surface area contributed by atoms with Gasteiger partial charge in [-0.1, -0.05) is 12.1 Å². The van der Waals surface area contributed by atoms with Crippen molar-refractivity contribution in [3.63, 3.8) is 0 Å². The number of carbonyl (C=O) groups excluding carboxylic acids is 1. The molecule has 7 heteroatoms. The predicted molar refractivity (Wildman–Crippen MR) is 78.0 cm³/mol. The molecule has 1 aromatic rings. The molecule has 1 amide bonds. The van der Waals surface area contributed by atoms with E-state index in [0.29, 0.717) is 24.2 Å². The number of rotatable bonds is 3. The lowest BCUT2D eigenvalue weighted by atomic mass is 10.1. The normalized spacial score (nSPS) is 24.4. The molecule has 2 aliphatic rings. The average molecular weight is 328 g/mol. The van der Waals surface area contributed by atoms with Gasteiger partial charge in [0.1, 0.15) is 5.75 Å². The van der Waals surface area contributed by atoms with Crippen LogP contribution in [0.25, 0.3) is 0 Å². The maximum absolute atomic E-state index is 12.4. The zero-order chi connectivity index (χ0) is 16.4. The second kappa shape index (κ2) is 6.39. The molecule has 4 nitrogen and oxygen atoms in total. The quantitative estimate of drug-likeness (QED) is 0.927. The summed E-state index contributed by atoms with van der Waals surface area (Å²) in [6.07, 6.45) is -1.27. The SMILES string of the molecule is O=C(Cc1ccc(OC(F)(F)F)cc1)N1CCC2CCC(C1)N2. The van der Waals surface area contributed by atoms with Crippen LogP contribution in [0.15, 0.2) is 24.3 Å². The molecule has 2 atom stereocenters. The Bertz CT molecular complexity index is 559. The van der Waals surface area contributed by atoms with Gasteiger partial charge in [0.25, 0.3) is 0 Å². The van der Waals surface area contributed by atoms with Crippen LogP contribution < -0.4 is 10.1 Å². The van der Waals surface area contributed by atoms with E-state index in [-0.39, 0.29) is 18.1 Å². The van der Waals surface area contributed by atoms with Crippen LogP contribution in [0.2, 0.25) is 0 Å². The van der Waals surface area contributed by atoms with Gasteiger partial charge in [-0.05, 0) is 37.0 Å². The number of amides is 1. The van der Waals surface area contributed by atoms with Crippen molar-refractivity contribution in [1.29, 1.82) is 0 Å². The van der Waals surface area contributed by atoms with Crippen molar-refractivity contribution in [2.45, 2.75) is 44.1 Å². The van der Waals surface area contributed by atoms with Crippen molar-refractivity contribution in [2.24, 2.45) is 0 Å². The second-order valence-electron chi connectivity index (χ2n) is 6.13. The lowest BCUT2D eigenvalue weighted by Gasteiger charge is -2.24. The molecule has 1 aromatic carbocycles. The highest BCUT2D eigenvalue weighted by Crippen LogP contribution is 2.24. The number of nitrogens with one attached hydrogen (secondary N) is 1. The van der Waals surface area contributed by atoms with Crippen LogP contribution in [-0.2, 0) is 11.2 Å². The zero-order valence-electron chi connectivity index (χ0n) is 12.6. The third kappa shape index (κ3) is 4.37. The minimum atomic E-state index is -4.70. The number of alkyl halides is 3. The topological polar surface area (TPSA) is 41.6 Å². The number of hydrogen-bond acceptors (Lipinski definition) is 3. The number of hydrogen-bond donors (Lipinski definition) is 1. The number of nitrogens with zero attached hydrogens (tertiary/aromatic N) is 1. The molecule has 2 heterocycles. The summed E-state index contributed by atoms with van der Waals surface area (Å²) in [6, 6.07) is 6.36. The van der Waals surface area contributed by atoms with Gasteiger partial charge in [-0.25, -0.2) is 0 Å². The monoisotopic (exact) mass is 328 g/mol. The molecule has 0 saturated carbocycles. The Morgan fingerprint density at radius 2 is 1.87 bits per heavy atom. The van der Waals surface area contributed by atoms with Gasteiger partial charge in [-0.3, -0.25) is 4.79 Å². The fraction of sp³-hybridized carbons (Fsp3) is 0.562. The fourth-order valence-electron chi connectivity index (χ4n) is 3.26.